The van der Waals surface area contributed by atoms with E-state index in [1.807, 2.05) is 26.0 Å². The Morgan fingerprint density at radius 3 is 2.70 bits per heavy atom. The highest BCUT2D eigenvalue weighted by molar-refractivity contribution is 7.19. The van der Waals surface area contributed by atoms with Gasteiger partial charge < -0.3 is 19.5 Å². The summed E-state index contributed by atoms with van der Waals surface area (Å²) in [5.74, 6) is 0.611. The van der Waals surface area contributed by atoms with Crippen molar-refractivity contribution in [1.82, 2.24) is 15.3 Å². The van der Waals surface area contributed by atoms with Crippen molar-refractivity contribution in [3.8, 4) is 11.1 Å². The summed E-state index contributed by atoms with van der Waals surface area (Å²) >= 11 is 1.44. The van der Waals surface area contributed by atoms with Gasteiger partial charge in [-0.1, -0.05) is 11.3 Å². The number of carbonyl (C=O) groups excluding carboxylic acids is 1. The minimum Gasteiger partial charge on any atom is -0.474 e. The summed E-state index contributed by atoms with van der Waals surface area (Å²) in [5, 5.41) is 3.48. The zero-order chi connectivity index (χ0) is 19.2. The van der Waals surface area contributed by atoms with Crippen LogP contribution in [-0.4, -0.2) is 47.3 Å². The highest BCUT2D eigenvalue weighted by Gasteiger charge is 2.24. The summed E-state index contributed by atoms with van der Waals surface area (Å²) in [7, 11) is 0. The quantitative estimate of drug-likeness (QED) is 0.741. The third-order valence-electron chi connectivity index (χ3n) is 4.42. The van der Waals surface area contributed by atoms with Gasteiger partial charge in [-0.15, -0.1) is 0 Å². The van der Waals surface area contributed by atoms with Gasteiger partial charge in [-0.2, -0.15) is 0 Å². The van der Waals surface area contributed by atoms with Crippen molar-refractivity contribution in [2.75, 3.05) is 13.2 Å². The first-order valence-corrected chi connectivity index (χ1v) is 10.3. The molecule has 2 heterocycles. The summed E-state index contributed by atoms with van der Waals surface area (Å²) in [5.41, 5.74) is 0.834. The van der Waals surface area contributed by atoms with E-state index in [2.05, 4.69) is 15.3 Å². The van der Waals surface area contributed by atoms with Crippen molar-refractivity contribution in [3.05, 3.63) is 12.1 Å². The van der Waals surface area contributed by atoms with E-state index < -0.39 is 0 Å². The van der Waals surface area contributed by atoms with Gasteiger partial charge in [0, 0.05) is 19.0 Å². The first-order valence-electron chi connectivity index (χ1n) is 9.49. The van der Waals surface area contributed by atoms with Crippen molar-refractivity contribution >= 4 is 27.6 Å². The van der Waals surface area contributed by atoms with Crippen molar-refractivity contribution in [2.45, 2.75) is 64.7 Å². The number of nitrogens with zero attached hydrogens (tertiary/aromatic N) is 2. The lowest BCUT2D eigenvalue weighted by Crippen LogP contribution is -2.36. The first-order chi connectivity index (χ1) is 13.0. The smallest absolute Gasteiger partial charge is 0.275 e. The Balaban J connectivity index is 1.46. The Hall–Kier alpha value is -1.93. The van der Waals surface area contributed by atoms with Gasteiger partial charge in [0.2, 0.25) is 11.8 Å². The van der Waals surface area contributed by atoms with Gasteiger partial charge >= 0.3 is 0 Å². The van der Waals surface area contributed by atoms with Crippen molar-refractivity contribution in [1.29, 1.82) is 0 Å². The first kappa shape index (κ1) is 19.8. The minimum atomic E-state index is -0.0259. The summed E-state index contributed by atoms with van der Waals surface area (Å²) in [6.45, 7) is 6.55. The molecule has 8 heteroatoms. The number of hydrogen-bond donors (Lipinski definition) is 1. The highest BCUT2D eigenvalue weighted by atomic mass is 32.1. The molecule has 0 aromatic carbocycles. The minimum absolute atomic E-state index is 0.0259. The number of ether oxygens (including phenoxy) is 3. The molecule has 2 aromatic rings. The molecular formula is C19H27N3O4S. The van der Waals surface area contributed by atoms with E-state index in [4.69, 9.17) is 14.2 Å². The van der Waals surface area contributed by atoms with Crippen LogP contribution in [-0.2, 0) is 9.53 Å². The molecule has 0 unspecified atom stereocenters. The van der Waals surface area contributed by atoms with Crippen LogP contribution in [0.1, 0.15) is 46.5 Å². The molecule has 0 spiro atoms. The second-order valence-electron chi connectivity index (χ2n) is 6.84. The predicted molar refractivity (Wildman–Crippen MR) is 104 cm³/mol. The van der Waals surface area contributed by atoms with Gasteiger partial charge in [0.25, 0.3) is 5.19 Å². The molecule has 0 aliphatic heterocycles. The fourth-order valence-electron chi connectivity index (χ4n) is 3.19. The second-order valence-corrected chi connectivity index (χ2v) is 7.78. The number of nitrogens with one attached hydrogen (secondary N) is 1. The van der Waals surface area contributed by atoms with E-state index in [1.165, 1.54) is 18.3 Å². The number of rotatable bonds is 8. The maximum Gasteiger partial charge on any atom is 0.275 e. The average molecular weight is 394 g/mol. The second kappa shape index (κ2) is 9.32. The lowest BCUT2D eigenvalue weighted by molar-refractivity contribution is -0.120. The molecule has 1 amide bonds. The highest BCUT2D eigenvalue weighted by Crippen LogP contribution is 2.30. The van der Waals surface area contributed by atoms with Crippen LogP contribution < -0.4 is 14.8 Å². The van der Waals surface area contributed by atoms with E-state index in [0.29, 0.717) is 24.3 Å². The summed E-state index contributed by atoms with van der Waals surface area (Å²) in [6, 6.07) is 3.83. The largest absolute Gasteiger partial charge is 0.474 e. The van der Waals surface area contributed by atoms with E-state index >= 15 is 0 Å². The van der Waals surface area contributed by atoms with Gasteiger partial charge in [0.15, 0.2) is 4.83 Å². The molecule has 1 aliphatic carbocycles. The molecule has 1 N–H and O–H groups in total. The van der Waals surface area contributed by atoms with Gasteiger partial charge in [-0.25, -0.2) is 9.97 Å². The molecule has 0 saturated heterocycles. The van der Waals surface area contributed by atoms with Crippen LogP contribution in [0.4, 0.5) is 0 Å². The van der Waals surface area contributed by atoms with Gasteiger partial charge in [0.1, 0.15) is 11.6 Å². The Morgan fingerprint density at radius 1 is 1.26 bits per heavy atom. The normalized spacial score (nSPS) is 21.0. The molecule has 0 radical (unpaired) electrons. The summed E-state index contributed by atoms with van der Waals surface area (Å²) < 4.78 is 17.4. The monoisotopic (exact) mass is 393 g/mol. The van der Waals surface area contributed by atoms with E-state index in [1.54, 1.807) is 0 Å². The molecular weight excluding hydrogens is 366 g/mol. The molecule has 1 fully saturated rings. The van der Waals surface area contributed by atoms with Crippen LogP contribution in [0.2, 0.25) is 0 Å². The van der Waals surface area contributed by atoms with Crippen molar-refractivity contribution < 1.29 is 19.0 Å². The SMILES string of the molecule is CCOc1nc2ccc(OC3CCC(OC[C@H](C)NC(C)=O)CC3)nc2s1. The van der Waals surface area contributed by atoms with E-state index in [0.717, 1.165) is 36.0 Å². The van der Waals surface area contributed by atoms with Crippen LogP contribution in [0.15, 0.2) is 12.1 Å². The van der Waals surface area contributed by atoms with Gasteiger partial charge in [0.05, 0.1) is 19.3 Å². The van der Waals surface area contributed by atoms with E-state index in [9.17, 15) is 4.79 Å². The number of thiazole rings is 1. The zero-order valence-corrected chi connectivity index (χ0v) is 16.9. The Labute approximate surface area is 163 Å². The Bertz CT molecular complexity index is 758. The molecule has 148 valence electrons. The molecule has 7 nitrogen and oxygen atoms in total. The Kier molecular flexibility index (Phi) is 6.84. The maximum absolute atomic E-state index is 11.0. The topological polar surface area (TPSA) is 82.6 Å². The number of carbonyl (C=O) groups is 1. The number of fused-ring (bicyclic) bond motifs is 1. The van der Waals surface area contributed by atoms with Crippen LogP contribution in [0.5, 0.6) is 11.1 Å². The number of hydrogen-bond acceptors (Lipinski definition) is 7. The molecule has 27 heavy (non-hydrogen) atoms. The van der Waals surface area contributed by atoms with Crippen LogP contribution in [0.25, 0.3) is 10.3 Å². The zero-order valence-electron chi connectivity index (χ0n) is 16.1. The molecule has 1 atom stereocenters. The molecule has 3 rings (SSSR count). The number of aromatic nitrogens is 2. The summed E-state index contributed by atoms with van der Waals surface area (Å²) in [4.78, 5) is 20.8. The van der Waals surface area contributed by atoms with Crippen LogP contribution >= 0.6 is 11.3 Å². The summed E-state index contributed by atoms with van der Waals surface area (Å²) in [6.07, 6.45) is 4.16. The van der Waals surface area contributed by atoms with Gasteiger partial charge in [-0.05, 0) is 45.6 Å². The maximum atomic E-state index is 11.0. The van der Waals surface area contributed by atoms with Gasteiger partial charge in [-0.3, -0.25) is 4.79 Å². The fraction of sp³-hybridized carbons (Fsp3) is 0.632. The number of pyridine rings is 1. The third-order valence-corrected chi connectivity index (χ3v) is 5.30. The molecule has 0 bridgehead atoms. The Morgan fingerprint density at radius 2 is 2.00 bits per heavy atom. The fourth-order valence-corrected chi connectivity index (χ4v) is 4.03. The lowest BCUT2D eigenvalue weighted by atomic mass is 9.95. The van der Waals surface area contributed by atoms with Crippen LogP contribution in [0, 0.1) is 0 Å². The van der Waals surface area contributed by atoms with Crippen molar-refractivity contribution in [3.63, 3.8) is 0 Å². The predicted octanol–water partition coefficient (Wildman–Crippen LogP) is 3.32. The van der Waals surface area contributed by atoms with Crippen molar-refractivity contribution in [2.24, 2.45) is 0 Å². The van der Waals surface area contributed by atoms with E-state index in [-0.39, 0.29) is 24.2 Å². The third kappa shape index (κ3) is 5.77. The molecule has 1 aliphatic rings. The van der Waals surface area contributed by atoms with Crippen LogP contribution in [0.3, 0.4) is 0 Å². The molecule has 1 saturated carbocycles. The molecule has 2 aromatic heterocycles. The standard InChI is InChI=1S/C19H27N3O4S/c1-4-24-19-21-16-9-10-17(22-18(16)27-19)26-15-7-5-14(6-8-15)25-11-12(2)20-13(3)23/h9-10,12,14-15H,4-8,11H2,1-3H3,(H,20,23)/t12-,14?,15?/m0/s1. The average Bonchev–Trinajstić information content (AvgIpc) is 3.02. The number of amides is 1. The lowest BCUT2D eigenvalue weighted by Gasteiger charge is -2.29.